The van der Waals surface area contributed by atoms with Crippen molar-refractivity contribution >= 4 is 29.9 Å². The second-order valence-electron chi connectivity index (χ2n) is 6.01. The minimum Gasteiger partial charge on any atom is -0.379 e. The van der Waals surface area contributed by atoms with Gasteiger partial charge in [-0.25, -0.2) is 0 Å². The first-order chi connectivity index (χ1) is 10.7. The molecule has 1 aliphatic rings. The third-order valence-electron chi connectivity index (χ3n) is 3.87. The van der Waals surface area contributed by atoms with Crippen LogP contribution in [0.25, 0.3) is 0 Å². The standard InChI is InChI=1S/C16H29N5O.HI/c1-14(12-21-6-8-22-9-7-21)10-18-16(17-2)19-11-15-4-5-20(3)13-15;/h4-5,13-14H,6-12H2,1-3H3,(H2,17,18,19);1H. The van der Waals surface area contributed by atoms with Crippen LogP contribution in [0.3, 0.4) is 0 Å². The summed E-state index contributed by atoms with van der Waals surface area (Å²) in [5.74, 6) is 1.44. The van der Waals surface area contributed by atoms with Crippen LogP contribution in [0.5, 0.6) is 0 Å². The van der Waals surface area contributed by atoms with E-state index in [1.54, 1.807) is 0 Å². The van der Waals surface area contributed by atoms with E-state index in [9.17, 15) is 0 Å². The lowest BCUT2D eigenvalue weighted by molar-refractivity contribution is 0.0320. The largest absolute Gasteiger partial charge is 0.379 e. The average Bonchev–Trinajstić information content (AvgIpc) is 2.94. The van der Waals surface area contributed by atoms with Crippen LogP contribution in [0, 0.1) is 5.92 Å². The average molecular weight is 435 g/mol. The number of guanidine groups is 1. The van der Waals surface area contributed by atoms with Crippen LogP contribution in [0.1, 0.15) is 12.5 Å². The van der Waals surface area contributed by atoms with Crippen LogP contribution in [-0.4, -0.2) is 61.9 Å². The summed E-state index contributed by atoms with van der Waals surface area (Å²) in [6.07, 6.45) is 4.17. The van der Waals surface area contributed by atoms with Crippen molar-refractivity contribution in [3.63, 3.8) is 0 Å². The third kappa shape index (κ3) is 7.54. The normalized spacial score (nSPS) is 17.4. The van der Waals surface area contributed by atoms with Gasteiger partial charge in [-0.2, -0.15) is 0 Å². The molecule has 0 saturated carbocycles. The maximum absolute atomic E-state index is 5.38. The van der Waals surface area contributed by atoms with Gasteiger partial charge in [0.25, 0.3) is 0 Å². The number of nitrogens with one attached hydrogen (secondary N) is 2. The Labute approximate surface area is 156 Å². The number of hydrogen-bond donors (Lipinski definition) is 2. The molecule has 1 fully saturated rings. The first kappa shape index (κ1) is 20.2. The molecule has 1 aromatic rings. The Bertz CT molecular complexity index is 471. The number of ether oxygens (including phenoxy) is 1. The summed E-state index contributed by atoms with van der Waals surface area (Å²) in [6, 6.07) is 2.11. The van der Waals surface area contributed by atoms with E-state index in [-0.39, 0.29) is 24.0 Å². The molecule has 0 aromatic carbocycles. The second kappa shape index (κ2) is 10.9. The van der Waals surface area contributed by atoms with Crippen LogP contribution >= 0.6 is 24.0 Å². The van der Waals surface area contributed by atoms with Gasteiger partial charge in [-0.05, 0) is 17.5 Å². The smallest absolute Gasteiger partial charge is 0.191 e. The maximum atomic E-state index is 5.38. The number of halogens is 1. The molecule has 1 saturated heterocycles. The summed E-state index contributed by atoms with van der Waals surface area (Å²) in [7, 11) is 3.84. The fourth-order valence-corrected chi connectivity index (χ4v) is 2.63. The minimum atomic E-state index is 0. The summed E-state index contributed by atoms with van der Waals surface area (Å²) in [5.41, 5.74) is 1.26. The topological polar surface area (TPSA) is 53.8 Å². The zero-order valence-corrected chi connectivity index (χ0v) is 16.7. The molecule has 0 spiro atoms. The van der Waals surface area contributed by atoms with Gasteiger partial charge >= 0.3 is 0 Å². The summed E-state index contributed by atoms with van der Waals surface area (Å²) in [5, 5.41) is 6.76. The number of aliphatic imine (C=N–C) groups is 1. The van der Waals surface area contributed by atoms with Crippen molar-refractivity contribution in [2.45, 2.75) is 13.5 Å². The zero-order chi connectivity index (χ0) is 15.8. The van der Waals surface area contributed by atoms with Crippen molar-refractivity contribution < 1.29 is 4.74 Å². The highest BCUT2D eigenvalue weighted by Gasteiger charge is 2.13. The summed E-state index contributed by atoms with van der Waals surface area (Å²) in [6.45, 7) is 8.90. The number of rotatable bonds is 6. The van der Waals surface area contributed by atoms with E-state index in [0.717, 1.165) is 51.9 Å². The molecule has 0 radical (unpaired) electrons. The van der Waals surface area contributed by atoms with E-state index in [1.807, 2.05) is 14.1 Å². The van der Waals surface area contributed by atoms with Gasteiger partial charge in [-0.3, -0.25) is 9.89 Å². The summed E-state index contributed by atoms with van der Waals surface area (Å²) < 4.78 is 7.44. The Morgan fingerprint density at radius 2 is 2.09 bits per heavy atom. The highest BCUT2D eigenvalue weighted by molar-refractivity contribution is 14.0. The lowest BCUT2D eigenvalue weighted by atomic mass is 10.1. The van der Waals surface area contributed by atoms with E-state index in [4.69, 9.17) is 4.74 Å². The maximum Gasteiger partial charge on any atom is 0.191 e. The summed E-state index contributed by atoms with van der Waals surface area (Å²) in [4.78, 5) is 6.75. The molecular formula is C16H30IN5O. The quantitative estimate of drug-likeness (QED) is 0.402. The van der Waals surface area contributed by atoms with Crippen molar-refractivity contribution in [1.82, 2.24) is 20.1 Å². The lowest BCUT2D eigenvalue weighted by Gasteiger charge is -2.29. The van der Waals surface area contributed by atoms with Gasteiger partial charge in [0.05, 0.1) is 13.2 Å². The molecule has 1 aliphatic heterocycles. The van der Waals surface area contributed by atoms with E-state index in [0.29, 0.717) is 5.92 Å². The highest BCUT2D eigenvalue weighted by Crippen LogP contribution is 2.02. The molecule has 0 aliphatic carbocycles. The molecule has 23 heavy (non-hydrogen) atoms. The van der Waals surface area contributed by atoms with Crippen molar-refractivity contribution in [2.75, 3.05) is 46.4 Å². The van der Waals surface area contributed by atoms with Crippen molar-refractivity contribution in [2.24, 2.45) is 18.0 Å². The Morgan fingerprint density at radius 3 is 2.70 bits per heavy atom. The molecule has 2 rings (SSSR count). The van der Waals surface area contributed by atoms with Crippen molar-refractivity contribution in [3.05, 3.63) is 24.0 Å². The van der Waals surface area contributed by atoms with E-state index >= 15 is 0 Å². The molecule has 2 N–H and O–H groups in total. The lowest BCUT2D eigenvalue weighted by Crippen LogP contribution is -2.43. The third-order valence-corrected chi connectivity index (χ3v) is 3.87. The van der Waals surface area contributed by atoms with Gasteiger partial charge in [0.1, 0.15) is 0 Å². The van der Waals surface area contributed by atoms with E-state index < -0.39 is 0 Å². The number of aromatic nitrogens is 1. The number of nitrogens with zero attached hydrogens (tertiary/aromatic N) is 3. The van der Waals surface area contributed by atoms with Crippen LogP contribution < -0.4 is 10.6 Å². The minimum absolute atomic E-state index is 0. The molecule has 1 aromatic heterocycles. The van der Waals surface area contributed by atoms with Gasteiger partial charge in [0, 0.05) is 59.2 Å². The van der Waals surface area contributed by atoms with Crippen LogP contribution in [-0.2, 0) is 18.3 Å². The predicted octanol–water partition coefficient (Wildman–Crippen LogP) is 1.28. The van der Waals surface area contributed by atoms with Gasteiger partial charge in [-0.15, -0.1) is 24.0 Å². The Kier molecular flexibility index (Phi) is 9.57. The molecule has 132 valence electrons. The zero-order valence-electron chi connectivity index (χ0n) is 14.4. The number of morpholine rings is 1. The van der Waals surface area contributed by atoms with E-state index in [2.05, 4.69) is 50.5 Å². The van der Waals surface area contributed by atoms with Crippen LogP contribution in [0.4, 0.5) is 0 Å². The Morgan fingerprint density at radius 1 is 1.35 bits per heavy atom. The van der Waals surface area contributed by atoms with Gasteiger partial charge in [0.15, 0.2) is 5.96 Å². The van der Waals surface area contributed by atoms with Crippen molar-refractivity contribution in [1.29, 1.82) is 0 Å². The molecule has 0 amide bonds. The van der Waals surface area contributed by atoms with Gasteiger partial charge in [-0.1, -0.05) is 6.92 Å². The fraction of sp³-hybridized carbons (Fsp3) is 0.688. The Hall–Kier alpha value is -0.800. The van der Waals surface area contributed by atoms with Gasteiger partial charge in [0.2, 0.25) is 0 Å². The second-order valence-corrected chi connectivity index (χ2v) is 6.01. The molecule has 7 heteroatoms. The SMILES string of the molecule is CN=C(NCc1ccn(C)c1)NCC(C)CN1CCOCC1.I. The molecule has 2 heterocycles. The number of aryl methyl sites for hydroxylation is 1. The first-order valence-electron chi connectivity index (χ1n) is 8.03. The monoisotopic (exact) mass is 435 g/mol. The first-order valence-corrected chi connectivity index (χ1v) is 8.03. The fourth-order valence-electron chi connectivity index (χ4n) is 2.63. The van der Waals surface area contributed by atoms with Crippen LogP contribution in [0.15, 0.2) is 23.5 Å². The number of hydrogen-bond acceptors (Lipinski definition) is 3. The molecule has 1 unspecified atom stereocenters. The molecule has 6 nitrogen and oxygen atoms in total. The predicted molar refractivity (Wildman–Crippen MR) is 105 cm³/mol. The Balaban J connectivity index is 0.00000264. The molecule has 0 bridgehead atoms. The van der Waals surface area contributed by atoms with E-state index in [1.165, 1.54) is 5.56 Å². The molecular weight excluding hydrogens is 405 g/mol. The van der Waals surface area contributed by atoms with Crippen molar-refractivity contribution in [3.8, 4) is 0 Å². The summed E-state index contributed by atoms with van der Waals surface area (Å²) >= 11 is 0. The highest BCUT2D eigenvalue weighted by atomic mass is 127. The van der Waals surface area contributed by atoms with Gasteiger partial charge < -0.3 is 19.9 Å². The van der Waals surface area contributed by atoms with Crippen LogP contribution in [0.2, 0.25) is 0 Å². The molecule has 1 atom stereocenters.